The van der Waals surface area contributed by atoms with Crippen molar-refractivity contribution < 1.29 is 14.6 Å². The molecule has 1 saturated heterocycles. The summed E-state index contributed by atoms with van der Waals surface area (Å²) < 4.78 is 5.71. The van der Waals surface area contributed by atoms with Crippen molar-refractivity contribution in [1.29, 1.82) is 0 Å². The molecule has 0 spiro atoms. The third-order valence-corrected chi connectivity index (χ3v) is 3.65. The number of β-amino-alcohol motifs (C(OH)–C–C–N with tert-alkyl or cyclic N) is 1. The highest BCUT2D eigenvalue weighted by molar-refractivity contribution is 5.95. The summed E-state index contributed by atoms with van der Waals surface area (Å²) in [5, 5.41) is 15.3. The molecule has 2 aromatic rings. The summed E-state index contributed by atoms with van der Waals surface area (Å²) >= 11 is 0. The minimum Gasteiger partial charge on any atom is -0.489 e. The van der Waals surface area contributed by atoms with Gasteiger partial charge in [-0.25, -0.2) is 0 Å². The van der Waals surface area contributed by atoms with Crippen molar-refractivity contribution in [2.75, 3.05) is 11.9 Å². The van der Waals surface area contributed by atoms with Gasteiger partial charge in [-0.05, 0) is 24.6 Å². The van der Waals surface area contributed by atoms with Gasteiger partial charge in [-0.3, -0.25) is 9.78 Å². The minimum atomic E-state index is -0.458. The molecular weight excluding hydrogens is 294 g/mol. The first-order valence-corrected chi connectivity index (χ1v) is 7.55. The molecule has 1 aromatic carbocycles. The van der Waals surface area contributed by atoms with Gasteiger partial charge in [-0.15, -0.1) is 0 Å². The Morgan fingerprint density at radius 2 is 2.30 bits per heavy atom. The number of anilines is 1. The fourth-order valence-electron chi connectivity index (χ4n) is 2.46. The van der Waals surface area contributed by atoms with Crippen molar-refractivity contribution in [2.45, 2.75) is 25.2 Å². The number of amides is 1. The number of rotatable bonds is 5. The van der Waals surface area contributed by atoms with E-state index in [0.29, 0.717) is 31.0 Å². The van der Waals surface area contributed by atoms with E-state index in [1.807, 2.05) is 24.3 Å². The van der Waals surface area contributed by atoms with Crippen molar-refractivity contribution in [1.82, 2.24) is 10.3 Å². The standard InChI is InChI=1S/C17H19N3O3/c21-14-8-16(19-10-14)17(22)20-13-4-1-5-15(7-13)23-11-12-3-2-6-18-9-12/h1-7,9,14,16,19,21H,8,10-11H2,(H,20,22). The van der Waals surface area contributed by atoms with Crippen LogP contribution in [0.4, 0.5) is 5.69 Å². The zero-order valence-electron chi connectivity index (χ0n) is 12.6. The van der Waals surface area contributed by atoms with Gasteiger partial charge >= 0.3 is 0 Å². The lowest BCUT2D eigenvalue weighted by Crippen LogP contribution is -2.35. The maximum atomic E-state index is 12.1. The maximum Gasteiger partial charge on any atom is 0.241 e. The number of carbonyl (C=O) groups excluding carboxylic acids is 1. The topological polar surface area (TPSA) is 83.5 Å². The summed E-state index contributed by atoms with van der Waals surface area (Å²) in [6.45, 7) is 0.869. The zero-order valence-corrected chi connectivity index (χ0v) is 12.6. The molecule has 1 fully saturated rings. The molecule has 1 aliphatic heterocycles. The Hall–Kier alpha value is -2.44. The van der Waals surface area contributed by atoms with Crippen LogP contribution in [0.25, 0.3) is 0 Å². The molecule has 1 aliphatic rings. The monoisotopic (exact) mass is 313 g/mol. The van der Waals surface area contributed by atoms with E-state index in [-0.39, 0.29) is 11.9 Å². The van der Waals surface area contributed by atoms with E-state index in [2.05, 4.69) is 15.6 Å². The largest absolute Gasteiger partial charge is 0.489 e. The van der Waals surface area contributed by atoms with Crippen LogP contribution >= 0.6 is 0 Å². The second kappa shape index (κ2) is 7.21. The van der Waals surface area contributed by atoms with Gasteiger partial charge in [0.1, 0.15) is 12.4 Å². The van der Waals surface area contributed by atoms with Crippen molar-refractivity contribution in [3.8, 4) is 5.75 Å². The summed E-state index contributed by atoms with van der Waals surface area (Å²) in [5.74, 6) is 0.525. The van der Waals surface area contributed by atoms with Gasteiger partial charge in [-0.1, -0.05) is 12.1 Å². The molecule has 2 unspecified atom stereocenters. The van der Waals surface area contributed by atoms with Crippen LogP contribution in [-0.4, -0.2) is 34.7 Å². The molecule has 0 aliphatic carbocycles. The van der Waals surface area contributed by atoms with Crippen LogP contribution < -0.4 is 15.4 Å². The lowest BCUT2D eigenvalue weighted by molar-refractivity contribution is -0.117. The Balaban J connectivity index is 1.57. The average molecular weight is 313 g/mol. The SMILES string of the molecule is O=C(Nc1cccc(OCc2cccnc2)c1)C1CC(O)CN1. The smallest absolute Gasteiger partial charge is 0.241 e. The van der Waals surface area contributed by atoms with Gasteiger partial charge in [0.2, 0.25) is 5.91 Å². The lowest BCUT2D eigenvalue weighted by Gasteiger charge is -2.12. The van der Waals surface area contributed by atoms with Gasteiger partial charge in [0.25, 0.3) is 0 Å². The molecule has 3 N–H and O–H groups in total. The van der Waals surface area contributed by atoms with Crippen molar-refractivity contribution in [3.05, 3.63) is 54.4 Å². The van der Waals surface area contributed by atoms with Gasteiger partial charge in [-0.2, -0.15) is 0 Å². The summed E-state index contributed by atoms with van der Waals surface area (Å²) in [5.41, 5.74) is 1.65. The van der Waals surface area contributed by atoms with E-state index in [4.69, 9.17) is 4.74 Å². The first kappa shape index (κ1) is 15.5. The molecule has 120 valence electrons. The number of hydrogen-bond donors (Lipinski definition) is 3. The molecule has 3 rings (SSSR count). The van der Waals surface area contributed by atoms with Crippen LogP contribution in [0.1, 0.15) is 12.0 Å². The fourth-order valence-corrected chi connectivity index (χ4v) is 2.46. The number of benzene rings is 1. The van der Waals surface area contributed by atoms with Crippen molar-refractivity contribution >= 4 is 11.6 Å². The summed E-state index contributed by atoms with van der Waals surface area (Å²) in [6.07, 6.45) is 3.44. The second-order valence-corrected chi connectivity index (χ2v) is 5.52. The average Bonchev–Trinajstić information content (AvgIpc) is 3.01. The molecule has 23 heavy (non-hydrogen) atoms. The molecule has 1 aromatic heterocycles. The van der Waals surface area contributed by atoms with Gasteiger partial charge in [0.05, 0.1) is 12.1 Å². The highest BCUT2D eigenvalue weighted by atomic mass is 16.5. The van der Waals surface area contributed by atoms with Crippen LogP contribution in [0.15, 0.2) is 48.8 Å². The predicted molar refractivity (Wildman–Crippen MR) is 86.1 cm³/mol. The number of carbonyl (C=O) groups is 1. The van der Waals surface area contributed by atoms with Crippen LogP contribution in [0, 0.1) is 0 Å². The van der Waals surface area contributed by atoms with E-state index in [1.54, 1.807) is 24.5 Å². The molecule has 0 saturated carbocycles. The summed E-state index contributed by atoms with van der Waals surface area (Å²) in [4.78, 5) is 16.2. The Labute approximate surface area is 134 Å². The highest BCUT2D eigenvalue weighted by Gasteiger charge is 2.27. The number of pyridine rings is 1. The van der Waals surface area contributed by atoms with Crippen LogP contribution in [0.2, 0.25) is 0 Å². The Kier molecular flexibility index (Phi) is 4.85. The molecule has 2 heterocycles. The first-order valence-electron chi connectivity index (χ1n) is 7.55. The minimum absolute atomic E-state index is 0.147. The number of aromatic nitrogens is 1. The Morgan fingerprint density at radius 3 is 3.04 bits per heavy atom. The lowest BCUT2D eigenvalue weighted by atomic mass is 10.2. The van der Waals surface area contributed by atoms with E-state index in [0.717, 1.165) is 5.56 Å². The summed E-state index contributed by atoms with van der Waals surface area (Å²) in [7, 11) is 0. The number of aliphatic hydroxyl groups is 1. The molecule has 1 amide bonds. The number of aliphatic hydroxyl groups excluding tert-OH is 1. The number of nitrogens with one attached hydrogen (secondary N) is 2. The van der Waals surface area contributed by atoms with Gasteiger partial charge in [0.15, 0.2) is 0 Å². The van der Waals surface area contributed by atoms with Gasteiger partial charge < -0.3 is 20.5 Å². The van der Waals surface area contributed by atoms with Crippen molar-refractivity contribution in [2.24, 2.45) is 0 Å². The second-order valence-electron chi connectivity index (χ2n) is 5.52. The Morgan fingerprint density at radius 1 is 1.39 bits per heavy atom. The molecule has 2 atom stereocenters. The number of ether oxygens (including phenoxy) is 1. The van der Waals surface area contributed by atoms with E-state index in [1.165, 1.54) is 0 Å². The van der Waals surface area contributed by atoms with E-state index >= 15 is 0 Å². The predicted octanol–water partition coefficient (Wildman–Crippen LogP) is 1.32. The van der Waals surface area contributed by atoms with Crippen LogP contribution in [-0.2, 0) is 11.4 Å². The van der Waals surface area contributed by atoms with Crippen LogP contribution in [0.3, 0.4) is 0 Å². The quantitative estimate of drug-likeness (QED) is 0.775. The molecule has 0 radical (unpaired) electrons. The molecule has 6 heteroatoms. The third-order valence-electron chi connectivity index (χ3n) is 3.65. The first-order chi connectivity index (χ1) is 11.2. The normalized spacial score (nSPS) is 20.2. The van der Waals surface area contributed by atoms with Crippen molar-refractivity contribution in [3.63, 3.8) is 0 Å². The fraction of sp³-hybridized carbons (Fsp3) is 0.294. The Bertz CT molecular complexity index is 663. The van der Waals surface area contributed by atoms with Crippen LogP contribution in [0.5, 0.6) is 5.75 Å². The van der Waals surface area contributed by atoms with E-state index < -0.39 is 6.10 Å². The van der Waals surface area contributed by atoms with Gasteiger partial charge in [0, 0.05) is 36.3 Å². The molecule has 0 bridgehead atoms. The zero-order chi connectivity index (χ0) is 16.1. The highest BCUT2D eigenvalue weighted by Crippen LogP contribution is 2.19. The van der Waals surface area contributed by atoms with E-state index in [9.17, 15) is 9.90 Å². The molecule has 6 nitrogen and oxygen atoms in total. The number of nitrogens with zero attached hydrogens (tertiary/aromatic N) is 1. The number of hydrogen-bond acceptors (Lipinski definition) is 5. The maximum absolute atomic E-state index is 12.1. The molecular formula is C17H19N3O3. The third kappa shape index (κ3) is 4.28. The summed E-state index contributed by atoms with van der Waals surface area (Å²) in [6, 6.07) is 10.7.